The Morgan fingerprint density at radius 2 is 2.21 bits per heavy atom. The van der Waals surface area contributed by atoms with Gasteiger partial charge in [-0.15, -0.1) is 0 Å². The van der Waals surface area contributed by atoms with Gasteiger partial charge in [0.15, 0.2) is 0 Å². The van der Waals surface area contributed by atoms with E-state index in [4.69, 9.17) is 11.6 Å². The van der Waals surface area contributed by atoms with Crippen LogP contribution in [0.4, 0.5) is 4.39 Å². The lowest BCUT2D eigenvalue weighted by atomic mass is 10.0. The van der Waals surface area contributed by atoms with Crippen LogP contribution in [0.25, 0.3) is 0 Å². The average molecular weight is 283 g/mol. The molecule has 0 radical (unpaired) electrons. The van der Waals surface area contributed by atoms with Crippen molar-refractivity contribution in [2.75, 3.05) is 13.1 Å². The first-order valence-corrected chi connectivity index (χ1v) is 7.42. The van der Waals surface area contributed by atoms with Gasteiger partial charge < -0.3 is 5.32 Å². The fourth-order valence-corrected chi connectivity index (χ4v) is 3.08. The highest BCUT2D eigenvalue weighted by atomic mass is 35.5. The number of piperazine rings is 1. The molecule has 1 aromatic rings. The second-order valence-corrected chi connectivity index (χ2v) is 6.27. The Hall–Kier alpha value is -0.640. The molecule has 2 unspecified atom stereocenters. The summed E-state index contributed by atoms with van der Waals surface area (Å²) in [7, 11) is 0. The molecule has 2 aliphatic rings. The van der Waals surface area contributed by atoms with Crippen molar-refractivity contribution in [3.05, 3.63) is 34.6 Å². The number of hydrogen-bond acceptors (Lipinski definition) is 2. The Morgan fingerprint density at radius 1 is 1.42 bits per heavy atom. The molecule has 19 heavy (non-hydrogen) atoms. The first-order chi connectivity index (χ1) is 9.13. The van der Waals surface area contributed by atoms with Gasteiger partial charge in [0, 0.05) is 36.7 Å². The van der Waals surface area contributed by atoms with E-state index in [1.54, 1.807) is 6.07 Å². The molecule has 0 spiro atoms. The highest BCUT2D eigenvalue weighted by Crippen LogP contribution is 2.34. The molecule has 2 fully saturated rings. The number of halogens is 2. The van der Waals surface area contributed by atoms with Crippen LogP contribution in [0.5, 0.6) is 0 Å². The molecule has 1 saturated heterocycles. The van der Waals surface area contributed by atoms with Crippen LogP contribution in [0.2, 0.25) is 5.02 Å². The van der Waals surface area contributed by atoms with E-state index < -0.39 is 0 Å². The summed E-state index contributed by atoms with van der Waals surface area (Å²) in [6.45, 7) is 5.14. The Kier molecular flexibility index (Phi) is 3.79. The molecule has 0 bridgehead atoms. The molecule has 1 aliphatic heterocycles. The molecule has 3 rings (SSSR count). The molecule has 0 aromatic heterocycles. The van der Waals surface area contributed by atoms with Gasteiger partial charge in [0.2, 0.25) is 0 Å². The van der Waals surface area contributed by atoms with E-state index in [1.165, 1.54) is 25.0 Å². The summed E-state index contributed by atoms with van der Waals surface area (Å²) in [6, 6.07) is 5.82. The van der Waals surface area contributed by atoms with Crippen LogP contribution in [0.15, 0.2) is 18.2 Å². The lowest BCUT2D eigenvalue weighted by molar-refractivity contribution is 0.125. The molecular weight excluding hydrogens is 263 g/mol. The van der Waals surface area contributed by atoms with Crippen molar-refractivity contribution in [1.29, 1.82) is 0 Å². The molecule has 1 N–H and O–H groups in total. The molecular formula is C15H20ClFN2. The highest BCUT2D eigenvalue weighted by Gasteiger charge is 2.35. The number of hydrogen-bond donors (Lipinski definition) is 1. The zero-order chi connectivity index (χ0) is 13.4. The first-order valence-electron chi connectivity index (χ1n) is 7.05. The van der Waals surface area contributed by atoms with Gasteiger partial charge in [0.25, 0.3) is 0 Å². The van der Waals surface area contributed by atoms with Gasteiger partial charge >= 0.3 is 0 Å². The summed E-state index contributed by atoms with van der Waals surface area (Å²) in [6.07, 6.45) is 2.72. The number of nitrogens with zero attached hydrogens (tertiary/aromatic N) is 1. The van der Waals surface area contributed by atoms with Crippen molar-refractivity contribution in [3.8, 4) is 0 Å². The predicted molar refractivity (Wildman–Crippen MR) is 75.8 cm³/mol. The molecule has 1 heterocycles. The third kappa shape index (κ3) is 3.10. The van der Waals surface area contributed by atoms with Crippen LogP contribution in [0, 0.1) is 11.7 Å². The first kappa shape index (κ1) is 13.3. The summed E-state index contributed by atoms with van der Waals surface area (Å²) in [5, 5.41) is 4.17. The van der Waals surface area contributed by atoms with Crippen molar-refractivity contribution in [3.63, 3.8) is 0 Å². The van der Waals surface area contributed by atoms with E-state index in [-0.39, 0.29) is 5.82 Å². The maximum Gasteiger partial charge on any atom is 0.124 e. The normalized spacial score (nSPS) is 28.6. The Bertz CT molecular complexity index is 461. The van der Waals surface area contributed by atoms with Gasteiger partial charge in [0.05, 0.1) is 0 Å². The Labute approximate surface area is 118 Å². The van der Waals surface area contributed by atoms with Crippen LogP contribution >= 0.6 is 11.6 Å². The third-order valence-corrected chi connectivity index (χ3v) is 4.66. The maximum atomic E-state index is 13.1. The molecule has 4 heteroatoms. The number of benzene rings is 1. The molecule has 0 amide bonds. The van der Waals surface area contributed by atoms with Crippen molar-refractivity contribution < 1.29 is 4.39 Å². The Balaban J connectivity index is 1.69. The monoisotopic (exact) mass is 282 g/mol. The number of nitrogens with one attached hydrogen (secondary N) is 1. The van der Waals surface area contributed by atoms with Crippen LogP contribution < -0.4 is 5.32 Å². The summed E-state index contributed by atoms with van der Waals surface area (Å²) in [4.78, 5) is 2.46. The van der Waals surface area contributed by atoms with Gasteiger partial charge in [-0.05, 0) is 43.4 Å². The third-order valence-electron chi connectivity index (χ3n) is 4.31. The smallest absolute Gasteiger partial charge is 0.124 e. The van der Waals surface area contributed by atoms with Gasteiger partial charge in [-0.1, -0.05) is 17.7 Å². The minimum Gasteiger partial charge on any atom is -0.311 e. The van der Waals surface area contributed by atoms with E-state index in [0.29, 0.717) is 17.1 Å². The Morgan fingerprint density at radius 3 is 2.89 bits per heavy atom. The largest absolute Gasteiger partial charge is 0.311 e. The predicted octanol–water partition coefficient (Wildman–Crippen LogP) is 3.05. The molecule has 104 valence electrons. The standard InChI is InChI=1S/C15H20ClFN2/c1-10-7-18-15(11-2-3-11)9-19(10)8-12-4-5-13(17)6-14(12)16/h4-6,10-11,15,18H,2-3,7-9H2,1H3. The van der Waals surface area contributed by atoms with E-state index in [9.17, 15) is 4.39 Å². The molecule has 1 saturated carbocycles. The van der Waals surface area contributed by atoms with Gasteiger partial charge in [-0.25, -0.2) is 4.39 Å². The second kappa shape index (κ2) is 5.39. The van der Waals surface area contributed by atoms with Crippen LogP contribution in [0.1, 0.15) is 25.3 Å². The summed E-state index contributed by atoms with van der Waals surface area (Å²) in [5.41, 5.74) is 1.02. The van der Waals surface area contributed by atoms with E-state index in [2.05, 4.69) is 17.1 Å². The van der Waals surface area contributed by atoms with Crippen LogP contribution in [-0.4, -0.2) is 30.1 Å². The van der Waals surface area contributed by atoms with Crippen LogP contribution in [0.3, 0.4) is 0 Å². The summed E-state index contributed by atoms with van der Waals surface area (Å²) >= 11 is 6.13. The molecule has 1 aromatic carbocycles. The summed E-state index contributed by atoms with van der Waals surface area (Å²) in [5.74, 6) is 0.594. The lowest BCUT2D eigenvalue weighted by Crippen LogP contribution is -2.55. The minimum absolute atomic E-state index is 0.266. The molecule has 2 nitrogen and oxygen atoms in total. The average Bonchev–Trinajstić information content (AvgIpc) is 3.19. The summed E-state index contributed by atoms with van der Waals surface area (Å²) < 4.78 is 13.1. The minimum atomic E-state index is -0.266. The highest BCUT2D eigenvalue weighted by molar-refractivity contribution is 6.31. The fourth-order valence-electron chi connectivity index (χ4n) is 2.85. The molecule has 2 atom stereocenters. The maximum absolute atomic E-state index is 13.1. The lowest BCUT2D eigenvalue weighted by Gasteiger charge is -2.39. The fraction of sp³-hybridized carbons (Fsp3) is 0.600. The van der Waals surface area contributed by atoms with Crippen LogP contribution in [-0.2, 0) is 6.54 Å². The van der Waals surface area contributed by atoms with E-state index >= 15 is 0 Å². The molecule has 1 aliphatic carbocycles. The zero-order valence-electron chi connectivity index (χ0n) is 11.2. The quantitative estimate of drug-likeness (QED) is 0.917. The van der Waals surface area contributed by atoms with E-state index in [0.717, 1.165) is 31.1 Å². The van der Waals surface area contributed by atoms with Crippen molar-refractivity contribution >= 4 is 11.6 Å². The van der Waals surface area contributed by atoms with Gasteiger partial charge in [-0.3, -0.25) is 4.90 Å². The second-order valence-electron chi connectivity index (χ2n) is 5.87. The SMILES string of the molecule is CC1CNC(C2CC2)CN1Cc1ccc(F)cc1Cl. The van der Waals surface area contributed by atoms with Crippen molar-refractivity contribution in [1.82, 2.24) is 10.2 Å². The van der Waals surface area contributed by atoms with Crippen molar-refractivity contribution in [2.45, 2.75) is 38.4 Å². The topological polar surface area (TPSA) is 15.3 Å². The zero-order valence-corrected chi connectivity index (χ0v) is 12.0. The van der Waals surface area contributed by atoms with Gasteiger partial charge in [-0.2, -0.15) is 0 Å². The van der Waals surface area contributed by atoms with E-state index in [1.807, 2.05) is 0 Å². The number of rotatable bonds is 3. The van der Waals surface area contributed by atoms with Gasteiger partial charge in [0.1, 0.15) is 5.82 Å². The van der Waals surface area contributed by atoms with Crippen molar-refractivity contribution in [2.24, 2.45) is 5.92 Å².